The molecule has 1 amide bonds. The van der Waals surface area contributed by atoms with Crippen molar-refractivity contribution in [2.24, 2.45) is 4.99 Å². The predicted molar refractivity (Wildman–Crippen MR) is 131 cm³/mol. The molecule has 30 heavy (non-hydrogen) atoms. The quantitative estimate of drug-likeness (QED) is 0.310. The molecule has 0 bridgehead atoms. The van der Waals surface area contributed by atoms with E-state index in [1.807, 2.05) is 35.2 Å². The van der Waals surface area contributed by atoms with Crippen molar-refractivity contribution in [2.45, 2.75) is 20.4 Å². The first-order valence-electron chi connectivity index (χ1n) is 9.87. The van der Waals surface area contributed by atoms with Crippen LogP contribution in [0.1, 0.15) is 19.6 Å². The lowest BCUT2D eigenvalue weighted by atomic mass is 10.3. The number of piperazine rings is 1. The first-order valence-corrected chi connectivity index (χ1v) is 10.7. The maximum absolute atomic E-state index is 11.5. The van der Waals surface area contributed by atoms with E-state index in [1.54, 1.807) is 18.3 Å². The summed E-state index contributed by atoms with van der Waals surface area (Å²) < 4.78 is 7.16. The first kappa shape index (κ1) is 22.5. The van der Waals surface area contributed by atoms with Gasteiger partial charge in [-0.1, -0.05) is 12.1 Å². The molecule has 1 aliphatic rings. The van der Waals surface area contributed by atoms with Crippen LogP contribution in [-0.4, -0.2) is 59.4 Å². The molecule has 1 saturated heterocycles. The Hall–Kier alpha value is -2.14. The molecule has 0 radical (unpaired) electrons. The number of rotatable bonds is 4. The minimum atomic E-state index is 0. The summed E-state index contributed by atoms with van der Waals surface area (Å²) in [5.74, 6) is 2.56. The fourth-order valence-corrected chi connectivity index (χ4v) is 4.29. The van der Waals surface area contributed by atoms with Crippen LogP contribution in [0.25, 0.3) is 21.0 Å². The second-order valence-electron chi connectivity index (χ2n) is 6.92. The van der Waals surface area contributed by atoms with Crippen molar-refractivity contribution in [3.8, 4) is 10.8 Å². The lowest BCUT2D eigenvalue weighted by Crippen LogP contribution is -2.53. The molecule has 9 heteroatoms. The summed E-state index contributed by atoms with van der Waals surface area (Å²) in [6.45, 7) is 7.93. The summed E-state index contributed by atoms with van der Waals surface area (Å²) in [6.07, 6.45) is 0. The highest BCUT2D eigenvalue weighted by Crippen LogP contribution is 2.31. The Labute approximate surface area is 197 Å². The number of aromatic nitrogens is 1. The largest absolute Gasteiger partial charge is 0.457 e. The molecular weight excluding hydrogens is 513 g/mol. The molecule has 0 saturated carbocycles. The lowest BCUT2D eigenvalue weighted by molar-refractivity contribution is -0.130. The number of amides is 1. The van der Waals surface area contributed by atoms with Crippen molar-refractivity contribution in [3.63, 3.8) is 0 Å². The molecular formula is C21H26IN5O2S. The molecule has 1 fully saturated rings. The zero-order valence-corrected chi connectivity index (χ0v) is 20.3. The zero-order chi connectivity index (χ0) is 20.2. The summed E-state index contributed by atoms with van der Waals surface area (Å²) in [7, 11) is 0. The third-order valence-electron chi connectivity index (χ3n) is 4.91. The van der Waals surface area contributed by atoms with Crippen molar-refractivity contribution in [2.75, 3.05) is 32.7 Å². The van der Waals surface area contributed by atoms with Crippen molar-refractivity contribution in [1.29, 1.82) is 0 Å². The second-order valence-corrected chi connectivity index (χ2v) is 7.95. The Morgan fingerprint density at radius 3 is 2.60 bits per heavy atom. The van der Waals surface area contributed by atoms with E-state index in [2.05, 4.69) is 28.2 Å². The third-order valence-corrected chi connectivity index (χ3v) is 5.96. The minimum absolute atomic E-state index is 0. The van der Waals surface area contributed by atoms with E-state index in [0.717, 1.165) is 65.4 Å². The summed E-state index contributed by atoms with van der Waals surface area (Å²) in [6, 6.07) is 12.0. The summed E-state index contributed by atoms with van der Waals surface area (Å²) in [5, 5.41) is 4.23. The van der Waals surface area contributed by atoms with Crippen LogP contribution in [0.5, 0.6) is 0 Å². The first-order chi connectivity index (χ1) is 14.1. The van der Waals surface area contributed by atoms with Gasteiger partial charge in [0.15, 0.2) is 16.7 Å². The number of thiazole rings is 1. The van der Waals surface area contributed by atoms with Crippen molar-refractivity contribution < 1.29 is 9.21 Å². The van der Waals surface area contributed by atoms with Gasteiger partial charge in [-0.3, -0.25) is 4.79 Å². The molecule has 1 aromatic carbocycles. The zero-order valence-electron chi connectivity index (χ0n) is 17.1. The van der Waals surface area contributed by atoms with Gasteiger partial charge in [-0.2, -0.15) is 0 Å². The Balaban J connectivity index is 0.00000256. The molecule has 1 aliphatic heterocycles. The number of fused-ring (bicyclic) bond motifs is 1. The van der Waals surface area contributed by atoms with E-state index in [1.165, 1.54) is 0 Å². The number of benzene rings is 1. The maximum Gasteiger partial charge on any atom is 0.219 e. The third kappa shape index (κ3) is 5.12. The normalized spacial score (nSPS) is 14.7. The SMILES string of the molecule is CCNC(=NCc1ccc(-c2nc3ccccc3s2)o1)N1CCN(C(C)=O)CC1.I. The average molecular weight is 539 g/mol. The van der Waals surface area contributed by atoms with Gasteiger partial charge in [0.25, 0.3) is 0 Å². The van der Waals surface area contributed by atoms with E-state index in [9.17, 15) is 4.79 Å². The molecule has 7 nitrogen and oxygen atoms in total. The number of hydrogen-bond acceptors (Lipinski definition) is 5. The number of hydrogen-bond donors (Lipinski definition) is 1. The molecule has 0 atom stereocenters. The number of carbonyl (C=O) groups excluding carboxylic acids is 1. The van der Waals surface area contributed by atoms with Gasteiger partial charge < -0.3 is 19.5 Å². The van der Waals surface area contributed by atoms with Gasteiger partial charge in [0.1, 0.15) is 12.3 Å². The highest BCUT2D eigenvalue weighted by Gasteiger charge is 2.21. The highest BCUT2D eigenvalue weighted by atomic mass is 127. The van der Waals surface area contributed by atoms with Crippen molar-refractivity contribution in [3.05, 3.63) is 42.2 Å². The number of para-hydroxylation sites is 1. The molecule has 2 aromatic heterocycles. The summed E-state index contributed by atoms with van der Waals surface area (Å²) >= 11 is 1.63. The van der Waals surface area contributed by atoms with Gasteiger partial charge in [0.2, 0.25) is 5.91 Å². The van der Waals surface area contributed by atoms with E-state index in [-0.39, 0.29) is 29.9 Å². The molecule has 0 spiro atoms. The minimum Gasteiger partial charge on any atom is -0.457 e. The standard InChI is InChI=1S/C21H25N5O2S.HI/c1-3-22-21(26-12-10-25(11-13-26)15(2)27)23-14-16-8-9-18(28-16)20-24-17-6-4-5-7-19(17)29-20;/h4-9H,3,10-14H2,1-2H3,(H,22,23);1H. The number of nitrogens with zero attached hydrogens (tertiary/aromatic N) is 4. The number of aliphatic imine (C=N–C) groups is 1. The van der Waals surface area contributed by atoms with Crippen LogP contribution in [0.2, 0.25) is 0 Å². The van der Waals surface area contributed by atoms with Crippen LogP contribution in [0, 0.1) is 0 Å². The second kappa shape index (κ2) is 10.3. The molecule has 3 heterocycles. The van der Waals surface area contributed by atoms with Crippen LogP contribution < -0.4 is 5.32 Å². The van der Waals surface area contributed by atoms with Crippen LogP contribution in [0.4, 0.5) is 0 Å². The smallest absolute Gasteiger partial charge is 0.219 e. The van der Waals surface area contributed by atoms with Crippen molar-refractivity contribution in [1.82, 2.24) is 20.1 Å². The molecule has 0 aliphatic carbocycles. The summed E-state index contributed by atoms with van der Waals surface area (Å²) in [5.41, 5.74) is 0.989. The van der Waals surface area contributed by atoms with Gasteiger partial charge in [-0.15, -0.1) is 35.3 Å². The molecule has 160 valence electrons. The van der Waals surface area contributed by atoms with E-state index < -0.39 is 0 Å². The van der Waals surface area contributed by atoms with Crippen molar-refractivity contribution >= 4 is 57.4 Å². The Morgan fingerprint density at radius 2 is 1.90 bits per heavy atom. The van der Waals surface area contributed by atoms with Gasteiger partial charge in [-0.05, 0) is 31.2 Å². The van der Waals surface area contributed by atoms with E-state index >= 15 is 0 Å². The number of guanidine groups is 1. The Morgan fingerprint density at radius 1 is 1.17 bits per heavy atom. The number of carbonyl (C=O) groups is 1. The Kier molecular flexibility index (Phi) is 7.70. The van der Waals surface area contributed by atoms with Gasteiger partial charge in [0.05, 0.1) is 10.2 Å². The highest BCUT2D eigenvalue weighted by molar-refractivity contribution is 14.0. The number of halogens is 1. The van der Waals surface area contributed by atoms with E-state index in [0.29, 0.717) is 6.54 Å². The molecule has 4 rings (SSSR count). The van der Waals surface area contributed by atoms with Gasteiger partial charge >= 0.3 is 0 Å². The van der Waals surface area contributed by atoms with Gasteiger partial charge in [-0.25, -0.2) is 9.98 Å². The molecule has 0 unspecified atom stereocenters. The monoisotopic (exact) mass is 539 g/mol. The predicted octanol–water partition coefficient (Wildman–Crippen LogP) is 3.80. The average Bonchev–Trinajstić information content (AvgIpc) is 3.38. The van der Waals surface area contributed by atoms with Crippen LogP contribution in [0.15, 0.2) is 45.8 Å². The van der Waals surface area contributed by atoms with E-state index in [4.69, 9.17) is 9.41 Å². The number of furan rings is 1. The molecule has 3 aromatic rings. The summed E-state index contributed by atoms with van der Waals surface area (Å²) in [4.78, 5) is 25.0. The molecule has 1 N–H and O–H groups in total. The maximum atomic E-state index is 11.5. The van der Waals surface area contributed by atoms with Crippen LogP contribution in [0.3, 0.4) is 0 Å². The Bertz CT molecular complexity index is 990. The lowest BCUT2D eigenvalue weighted by Gasteiger charge is -2.36. The van der Waals surface area contributed by atoms with Crippen LogP contribution in [-0.2, 0) is 11.3 Å². The van der Waals surface area contributed by atoms with Gasteiger partial charge in [0, 0.05) is 39.6 Å². The van der Waals surface area contributed by atoms with Crippen LogP contribution >= 0.6 is 35.3 Å². The topological polar surface area (TPSA) is 74.0 Å². The number of nitrogens with one attached hydrogen (secondary N) is 1. The fourth-order valence-electron chi connectivity index (χ4n) is 3.37. The fraction of sp³-hybridized carbons (Fsp3) is 0.381.